The molecule has 3 unspecified atom stereocenters. The molecule has 0 aromatic carbocycles. The molecule has 0 spiro atoms. The van der Waals surface area contributed by atoms with Crippen LogP contribution in [0.2, 0.25) is 0 Å². The Morgan fingerprint density at radius 1 is 1.38 bits per heavy atom. The fourth-order valence-corrected chi connectivity index (χ4v) is 3.30. The van der Waals surface area contributed by atoms with Gasteiger partial charge in [-0.3, -0.25) is 0 Å². The molecule has 0 bridgehead atoms. The summed E-state index contributed by atoms with van der Waals surface area (Å²) in [6.07, 6.45) is 4.71. The van der Waals surface area contributed by atoms with Crippen LogP contribution in [0, 0.1) is 5.92 Å². The van der Waals surface area contributed by atoms with E-state index in [0.29, 0.717) is 13.0 Å². The molecule has 0 aromatic rings. The SMILES string of the molecule is COC1C=CCCS(=O)(=O)CCOCC(C)=CC(C)C1O. The van der Waals surface area contributed by atoms with Crippen molar-refractivity contribution in [2.45, 2.75) is 32.5 Å². The molecule has 0 aromatic heterocycles. The molecule has 0 saturated heterocycles. The smallest absolute Gasteiger partial charge is 0.152 e. The van der Waals surface area contributed by atoms with Crippen molar-refractivity contribution in [2.75, 3.05) is 31.8 Å². The fourth-order valence-electron chi connectivity index (χ4n) is 2.23. The van der Waals surface area contributed by atoms with Gasteiger partial charge in [-0.2, -0.15) is 0 Å². The molecule has 1 aliphatic heterocycles. The maximum Gasteiger partial charge on any atom is 0.152 e. The summed E-state index contributed by atoms with van der Waals surface area (Å²) in [6, 6.07) is 0. The quantitative estimate of drug-likeness (QED) is 0.739. The number of allylic oxidation sites excluding steroid dienone is 1. The molecule has 3 atom stereocenters. The van der Waals surface area contributed by atoms with Crippen molar-refractivity contribution in [1.82, 2.24) is 0 Å². The van der Waals surface area contributed by atoms with Crippen LogP contribution < -0.4 is 0 Å². The average Bonchev–Trinajstić information content (AvgIpc) is 2.42. The van der Waals surface area contributed by atoms with E-state index in [4.69, 9.17) is 9.47 Å². The lowest BCUT2D eigenvalue weighted by Gasteiger charge is -2.23. The second kappa shape index (κ2) is 8.68. The predicted molar refractivity (Wildman–Crippen MR) is 83.0 cm³/mol. The Bertz CT molecular complexity index is 466. The molecular formula is C15H26O5S. The maximum atomic E-state index is 11.8. The fraction of sp³-hybridized carbons (Fsp3) is 0.733. The zero-order valence-electron chi connectivity index (χ0n) is 13.0. The molecular weight excluding hydrogens is 292 g/mol. The average molecular weight is 318 g/mol. The number of sulfone groups is 1. The minimum atomic E-state index is -3.10. The van der Waals surface area contributed by atoms with Crippen molar-refractivity contribution in [3.63, 3.8) is 0 Å². The highest BCUT2D eigenvalue weighted by atomic mass is 32.2. The molecule has 1 N–H and O–H groups in total. The van der Waals surface area contributed by atoms with E-state index in [9.17, 15) is 13.5 Å². The van der Waals surface area contributed by atoms with E-state index in [-0.39, 0.29) is 24.0 Å². The van der Waals surface area contributed by atoms with Gasteiger partial charge in [0.1, 0.15) is 6.10 Å². The number of rotatable bonds is 1. The van der Waals surface area contributed by atoms with Crippen molar-refractivity contribution in [3.05, 3.63) is 23.8 Å². The Balaban J connectivity index is 2.87. The summed E-state index contributed by atoms with van der Waals surface area (Å²) < 4.78 is 34.2. The molecule has 1 aliphatic rings. The first-order chi connectivity index (χ1) is 9.85. The highest BCUT2D eigenvalue weighted by molar-refractivity contribution is 7.91. The first-order valence-corrected chi connectivity index (χ1v) is 9.01. The van der Waals surface area contributed by atoms with E-state index in [2.05, 4.69) is 0 Å². The minimum Gasteiger partial charge on any atom is -0.389 e. The van der Waals surface area contributed by atoms with E-state index in [1.807, 2.05) is 19.9 Å². The van der Waals surface area contributed by atoms with Gasteiger partial charge in [-0.1, -0.05) is 30.7 Å². The molecule has 0 saturated carbocycles. The normalized spacial score (nSPS) is 32.2. The summed E-state index contributed by atoms with van der Waals surface area (Å²) in [5.74, 6) is 0.0545. The molecule has 1 heterocycles. The standard InChI is InChI=1S/C15H26O5S/c1-12-10-13(2)15(16)14(19-3)6-4-5-8-21(17,18)9-7-20-11-12/h4,6,10,13-16H,5,7-9,11H2,1-3H3. The maximum absolute atomic E-state index is 11.8. The van der Waals surface area contributed by atoms with Gasteiger partial charge >= 0.3 is 0 Å². The second-order valence-corrected chi connectivity index (χ2v) is 7.79. The summed E-state index contributed by atoms with van der Waals surface area (Å²) in [7, 11) is -1.56. The summed E-state index contributed by atoms with van der Waals surface area (Å²) in [5, 5.41) is 10.3. The van der Waals surface area contributed by atoms with Crippen LogP contribution in [0.5, 0.6) is 0 Å². The zero-order chi connectivity index (χ0) is 15.9. The van der Waals surface area contributed by atoms with E-state index >= 15 is 0 Å². The monoisotopic (exact) mass is 318 g/mol. The molecule has 0 aliphatic carbocycles. The van der Waals surface area contributed by atoms with Crippen LogP contribution >= 0.6 is 0 Å². The first kappa shape index (κ1) is 18.4. The lowest BCUT2D eigenvalue weighted by molar-refractivity contribution is -0.00198. The Labute approximate surface area is 127 Å². The van der Waals surface area contributed by atoms with Crippen LogP contribution in [0.25, 0.3) is 0 Å². The Kier molecular flexibility index (Phi) is 7.59. The third kappa shape index (κ3) is 6.74. The second-order valence-electron chi connectivity index (χ2n) is 5.48. The summed E-state index contributed by atoms with van der Waals surface area (Å²) in [6.45, 7) is 4.40. The van der Waals surface area contributed by atoms with Crippen molar-refractivity contribution >= 4 is 9.84 Å². The van der Waals surface area contributed by atoms with Crippen molar-refractivity contribution in [3.8, 4) is 0 Å². The molecule has 1 rings (SSSR count). The molecule has 122 valence electrons. The zero-order valence-corrected chi connectivity index (χ0v) is 13.8. The molecule has 0 amide bonds. The lowest BCUT2D eigenvalue weighted by Crippen LogP contribution is -2.31. The number of methoxy groups -OCH3 is 1. The van der Waals surface area contributed by atoms with Gasteiger partial charge in [-0.25, -0.2) is 8.42 Å². The molecule has 21 heavy (non-hydrogen) atoms. The van der Waals surface area contributed by atoms with Gasteiger partial charge in [0.25, 0.3) is 0 Å². The van der Waals surface area contributed by atoms with Crippen LogP contribution in [0.15, 0.2) is 23.8 Å². The molecule has 5 nitrogen and oxygen atoms in total. The van der Waals surface area contributed by atoms with E-state index in [0.717, 1.165) is 5.57 Å². The third-order valence-corrected chi connectivity index (χ3v) is 5.13. The number of hydrogen-bond donors (Lipinski definition) is 1. The van der Waals surface area contributed by atoms with Crippen LogP contribution in [-0.4, -0.2) is 57.6 Å². The van der Waals surface area contributed by atoms with Gasteiger partial charge in [0.05, 0.1) is 30.8 Å². The number of ether oxygens (including phenoxy) is 2. The number of aliphatic hydroxyl groups is 1. The van der Waals surface area contributed by atoms with Crippen molar-refractivity contribution in [2.24, 2.45) is 5.92 Å². The van der Waals surface area contributed by atoms with Gasteiger partial charge in [-0.05, 0) is 13.3 Å². The highest BCUT2D eigenvalue weighted by Crippen LogP contribution is 2.15. The Morgan fingerprint density at radius 3 is 2.76 bits per heavy atom. The van der Waals surface area contributed by atoms with Gasteiger partial charge < -0.3 is 14.6 Å². The topological polar surface area (TPSA) is 72.8 Å². The lowest BCUT2D eigenvalue weighted by atomic mass is 9.97. The Morgan fingerprint density at radius 2 is 2.10 bits per heavy atom. The van der Waals surface area contributed by atoms with Crippen LogP contribution in [-0.2, 0) is 19.3 Å². The summed E-state index contributed by atoms with van der Waals surface area (Å²) in [5.41, 5.74) is 0.967. The minimum absolute atomic E-state index is 0.0417. The molecule has 6 heteroatoms. The largest absolute Gasteiger partial charge is 0.389 e. The van der Waals surface area contributed by atoms with Crippen molar-refractivity contribution < 1.29 is 23.0 Å². The van der Waals surface area contributed by atoms with E-state index in [1.165, 1.54) is 7.11 Å². The van der Waals surface area contributed by atoms with Crippen LogP contribution in [0.4, 0.5) is 0 Å². The van der Waals surface area contributed by atoms with Gasteiger partial charge in [0, 0.05) is 13.0 Å². The predicted octanol–water partition coefficient (Wildman–Crippen LogP) is 1.34. The third-order valence-electron chi connectivity index (χ3n) is 3.48. The Hall–Kier alpha value is -0.690. The van der Waals surface area contributed by atoms with Gasteiger partial charge in [-0.15, -0.1) is 0 Å². The van der Waals surface area contributed by atoms with E-state index < -0.39 is 22.0 Å². The molecule has 0 radical (unpaired) electrons. The number of hydrogen-bond acceptors (Lipinski definition) is 5. The summed E-state index contributed by atoms with van der Waals surface area (Å²) in [4.78, 5) is 0. The first-order valence-electron chi connectivity index (χ1n) is 7.18. The van der Waals surface area contributed by atoms with Gasteiger partial charge in [0.2, 0.25) is 0 Å². The highest BCUT2D eigenvalue weighted by Gasteiger charge is 2.21. The van der Waals surface area contributed by atoms with Crippen molar-refractivity contribution in [1.29, 1.82) is 0 Å². The van der Waals surface area contributed by atoms with Gasteiger partial charge in [0.15, 0.2) is 9.84 Å². The van der Waals surface area contributed by atoms with Crippen LogP contribution in [0.1, 0.15) is 20.3 Å². The molecule has 0 fully saturated rings. The summed E-state index contributed by atoms with van der Waals surface area (Å²) >= 11 is 0. The number of aliphatic hydroxyl groups excluding tert-OH is 1. The van der Waals surface area contributed by atoms with E-state index in [1.54, 1.807) is 12.2 Å². The van der Waals surface area contributed by atoms with Crippen LogP contribution in [0.3, 0.4) is 0 Å².